The van der Waals surface area contributed by atoms with Crippen LogP contribution in [-0.2, 0) is 30.4 Å². The van der Waals surface area contributed by atoms with Gasteiger partial charge in [-0.25, -0.2) is 0 Å². The molecule has 0 fully saturated rings. The molecule has 32 heavy (non-hydrogen) atoms. The first-order valence-corrected chi connectivity index (χ1v) is 10.2. The van der Waals surface area contributed by atoms with E-state index in [1.54, 1.807) is 12.1 Å². The molecule has 0 spiro atoms. The summed E-state index contributed by atoms with van der Waals surface area (Å²) >= 11 is 0. The molecule has 0 saturated carbocycles. The molecule has 0 unspecified atom stereocenters. The Kier molecular flexibility index (Phi) is 11.5. The first-order valence-electron chi connectivity index (χ1n) is 10.2. The molecule has 0 atom stereocenters. The Bertz CT molecular complexity index is 885. The van der Waals surface area contributed by atoms with Crippen molar-refractivity contribution in [3.63, 3.8) is 0 Å². The van der Waals surface area contributed by atoms with Crippen LogP contribution in [0, 0.1) is 0 Å². The number of ether oxygens (including phenoxy) is 3. The Morgan fingerprint density at radius 2 is 1.44 bits per heavy atom. The third-order valence-electron chi connectivity index (χ3n) is 4.06. The van der Waals surface area contributed by atoms with E-state index in [0.717, 1.165) is 10.3 Å². The molecule has 0 aliphatic heterocycles. The number of pyridine rings is 1. The topological polar surface area (TPSA) is 125 Å². The quantitative estimate of drug-likeness (QED) is 0.369. The van der Waals surface area contributed by atoms with E-state index >= 15 is 0 Å². The highest BCUT2D eigenvalue weighted by molar-refractivity contribution is 5.89. The van der Waals surface area contributed by atoms with Crippen molar-refractivity contribution in [1.82, 2.24) is 4.73 Å². The van der Waals surface area contributed by atoms with Crippen LogP contribution in [0.25, 0.3) is 0 Å². The van der Waals surface area contributed by atoms with E-state index in [4.69, 9.17) is 24.2 Å². The Morgan fingerprint density at radius 1 is 0.812 bits per heavy atom. The standard InChI is InChI=1S/C22H28N2O8/c25-20(9-11-29-13-15-31-16-14-30-12-10-22(27)28)23-19-7-4-8-21(26)24(19)32-17-18-5-2-1-3-6-18/h1-8H,9-17H2,(H,23,25)(H,27,28). The lowest BCUT2D eigenvalue weighted by atomic mass is 10.2. The maximum atomic E-state index is 12.2. The van der Waals surface area contributed by atoms with E-state index in [0.29, 0.717) is 26.4 Å². The summed E-state index contributed by atoms with van der Waals surface area (Å²) in [5, 5.41) is 11.1. The Labute approximate surface area is 185 Å². The smallest absolute Gasteiger partial charge is 0.305 e. The van der Waals surface area contributed by atoms with Crippen LogP contribution in [0.3, 0.4) is 0 Å². The predicted octanol–water partition coefficient (Wildman–Crippen LogP) is 1.33. The van der Waals surface area contributed by atoms with Crippen LogP contribution in [0.5, 0.6) is 0 Å². The van der Waals surface area contributed by atoms with Gasteiger partial charge < -0.3 is 29.5 Å². The van der Waals surface area contributed by atoms with Crippen molar-refractivity contribution in [2.24, 2.45) is 0 Å². The molecule has 0 aliphatic rings. The summed E-state index contributed by atoms with van der Waals surface area (Å²) in [4.78, 5) is 40.2. The summed E-state index contributed by atoms with van der Waals surface area (Å²) in [6.45, 7) is 1.79. The molecule has 1 heterocycles. The minimum atomic E-state index is -0.904. The van der Waals surface area contributed by atoms with Gasteiger partial charge in [-0.2, -0.15) is 0 Å². The van der Waals surface area contributed by atoms with E-state index in [1.807, 2.05) is 30.3 Å². The van der Waals surface area contributed by atoms with Gasteiger partial charge in [-0.3, -0.25) is 14.4 Å². The fourth-order valence-electron chi connectivity index (χ4n) is 2.49. The molecule has 2 aromatic rings. The number of carboxylic acids is 1. The fourth-order valence-corrected chi connectivity index (χ4v) is 2.49. The number of hydrogen-bond acceptors (Lipinski definition) is 7. The van der Waals surface area contributed by atoms with Crippen LogP contribution in [-0.4, -0.2) is 61.4 Å². The molecule has 0 saturated heterocycles. The lowest BCUT2D eigenvalue weighted by Crippen LogP contribution is -2.30. The first-order chi connectivity index (χ1) is 15.6. The number of carbonyl (C=O) groups excluding carboxylic acids is 1. The Balaban J connectivity index is 1.62. The number of amides is 1. The number of nitrogens with zero attached hydrogens (tertiary/aromatic N) is 1. The Morgan fingerprint density at radius 3 is 2.09 bits per heavy atom. The monoisotopic (exact) mass is 448 g/mol. The second-order valence-corrected chi connectivity index (χ2v) is 6.58. The summed E-state index contributed by atoms with van der Waals surface area (Å²) in [5.74, 6) is -0.983. The van der Waals surface area contributed by atoms with Crippen LogP contribution in [0.2, 0.25) is 0 Å². The zero-order valence-electron chi connectivity index (χ0n) is 17.7. The molecular formula is C22H28N2O8. The van der Waals surface area contributed by atoms with E-state index in [2.05, 4.69) is 5.32 Å². The van der Waals surface area contributed by atoms with Gasteiger partial charge in [-0.15, -0.1) is 4.73 Å². The average molecular weight is 448 g/mol. The van der Waals surface area contributed by atoms with E-state index in [-0.39, 0.29) is 49.9 Å². The van der Waals surface area contributed by atoms with Crippen molar-refractivity contribution < 1.29 is 33.7 Å². The van der Waals surface area contributed by atoms with Gasteiger partial charge in [0.05, 0.1) is 52.5 Å². The van der Waals surface area contributed by atoms with Crippen molar-refractivity contribution >= 4 is 17.7 Å². The highest BCUT2D eigenvalue weighted by Crippen LogP contribution is 2.05. The van der Waals surface area contributed by atoms with Crippen LogP contribution in [0.4, 0.5) is 5.82 Å². The summed E-state index contributed by atoms with van der Waals surface area (Å²) < 4.78 is 16.8. The van der Waals surface area contributed by atoms with Gasteiger partial charge in [-0.1, -0.05) is 36.4 Å². The number of benzene rings is 1. The van der Waals surface area contributed by atoms with Gasteiger partial charge in [0.1, 0.15) is 6.61 Å². The SMILES string of the molecule is O=C(O)CCOCCOCCOCCC(=O)Nc1cccc(=O)n1OCc1ccccc1. The summed E-state index contributed by atoms with van der Waals surface area (Å²) in [6.07, 6.45) is 0.0590. The van der Waals surface area contributed by atoms with Crippen LogP contribution < -0.4 is 15.7 Å². The number of hydrogen-bond donors (Lipinski definition) is 2. The minimum Gasteiger partial charge on any atom is -0.481 e. The summed E-state index contributed by atoms with van der Waals surface area (Å²) in [5.41, 5.74) is 0.502. The summed E-state index contributed by atoms with van der Waals surface area (Å²) in [6, 6.07) is 13.8. The largest absolute Gasteiger partial charge is 0.481 e. The maximum absolute atomic E-state index is 12.2. The van der Waals surface area contributed by atoms with Gasteiger partial charge in [0, 0.05) is 6.07 Å². The van der Waals surface area contributed by atoms with Gasteiger partial charge in [0.25, 0.3) is 5.56 Å². The van der Waals surface area contributed by atoms with E-state index in [1.165, 1.54) is 6.07 Å². The lowest BCUT2D eigenvalue weighted by molar-refractivity contribution is -0.138. The number of anilines is 1. The molecular weight excluding hydrogens is 420 g/mol. The third-order valence-corrected chi connectivity index (χ3v) is 4.06. The van der Waals surface area contributed by atoms with Gasteiger partial charge >= 0.3 is 5.97 Å². The third kappa shape index (κ3) is 10.2. The van der Waals surface area contributed by atoms with Crippen molar-refractivity contribution in [3.05, 3.63) is 64.4 Å². The number of nitrogens with one attached hydrogen (secondary N) is 1. The zero-order chi connectivity index (χ0) is 23.0. The molecule has 1 aromatic carbocycles. The van der Waals surface area contributed by atoms with Crippen molar-refractivity contribution in [2.45, 2.75) is 19.4 Å². The number of aromatic nitrogens is 1. The molecule has 2 N–H and O–H groups in total. The molecule has 0 bridgehead atoms. The molecule has 174 valence electrons. The van der Waals surface area contributed by atoms with Crippen LogP contribution in [0.1, 0.15) is 18.4 Å². The lowest BCUT2D eigenvalue weighted by Gasteiger charge is -2.14. The molecule has 10 heteroatoms. The zero-order valence-corrected chi connectivity index (χ0v) is 17.7. The van der Waals surface area contributed by atoms with Crippen molar-refractivity contribution in [2.75, 3.05) is 45.0 Å². The number of carboxylic acid groups (broad SMARTS) is 1. The molecule has 2 rings (SSSR count). The predicted molar refractivity (Wildman–Crippen MR) is 115 cm³/mol. The number of rotatable bonds is 16. The van der Waals surface area contributed by atoms with Gasteiger partial charge in [-0.05, 0) is 11.6 Å². The number of carbonyl (C=O) groups is 2. The maximum Gasteiger partial charge on any atom is 0.305 e. The molecule has 1 aromatic heterocycles. The van der Waals surface area contributed by atoms with Gasteiger partial charge in [0.2, 0.25) is 5.91 Å². The second kappa shape index (κ2) is 14.7. The van der Waals surface area contributed by atoms with E-state index in [9.17, 15) is 14.4 Å². The van der Waals surface area contributed by atoms with Crippen molar-refractivity contribution in [3.8, 4) is 0 Å². The molecule has 0 aliphatic carbocycles. The Hall–Kier alpha value is -3.21. The van der Waals surface area contributed by atoms with Crippen LogP contribution >= 0.6 is 0 Å². The van der Waals surface area contributed by atoms with Crippen molar-refractivity contribution in [1.29, 1.82) is 0 Å². The first kappa shape index (κ1) is 25.1. The highest BCUT2D eigenvalue weighted by Gasteiger charge is 2.09. The summed E-state index contributed by atoms with van der Waals surface area (Å²) in [7, 11) is 0. The number of aliphatic carboxylic acids is 1. The molecule has 1 amide bonds. The second-order valence-electron chi connectivity index (χ2n) is 6.58. The fraction of sp³-hybridized carbons (Fsp3) is 0.409. The molecule has 10 nitrogen and oxygen atoms in total. The minimum absolute atomic E-state index is 0.0383. The van der Waals surface area contributed by atoms with Gasteiger partial charge in [0.15, 0.2) is 5.82 Å². The highest BCUT2D eigenvalue weighted by atomic mass is 16.7. The molecule has 0 radical (unpaired) electrons. The van der Waals surface area contributed by atoms with E-state index < -0.39 is 5.97 Å². The normalized spacial score (nSPS) is 10.6. The van der Waals surface area contributed by atoms with Crippen LogP contribution in [0.15, 0.2) is 53.3 Å². The average Bonchev–Trinajstić information content (AvgIpc) is 2.77.